The zero-order chi connectivity index (χ0) is 17.8. The highest BCUT2D eigenvalue weighted by Crippen LogP contribution is 2.29. The first-order valence-corrected chi connectivity index (χ1v) is 7.72. The molecule has 1 aromatic carbocycles. The minimum Gasteiger partial charge on any atom is -0.382 e. The van der Waals surface area contributed by atoms with Crippen molar-refractivity contribution in [3.05, 3.63) is 35.4 Å². The lowest BCUT2D eigenvalue weighted by Gasteiger charge is -2.12. The molecule has 144 valence electrons. The van der Waals surface area contributed by atoms with Gasteiger partial charge in [-0.05, 0) is 24.6 Å². The third-order valence-electron chi connectivity index (χ3n) is 2.99. The van der Waals surface area contributed by atoms with Crippen LogP contribution in [0.15, 0.2) is 29.3 Å². The van der Waals surface area contributed by atoms with Crippen molar-refractivity contribution >= 4 is 29.9 Å². The number of methoxy groups -OCH3 is 1. The summed E-state index contributed by atoms with van der Waals surface area (Å²) in [4.78, 5) is 4.29. The van der Waals surface area contributed by atoms with Crippen molar-refractivity contribution in [3.63, 3.8) is 0 Å². The van der Waals surface area contributed by atoms with Crippen molar-refractivity contribution in [2.24, 2.45) is 4.99 Å². The van der Waals surface area contributed by atoms with Gasteiger partial charge in [0.05, 0.1) is 31.9 Å². The van der Waals surface area contributed by atoms with Crippen LogP contribution in [0.4, 0.5) is 13.2 Å². The maximum Gasteiger partial charge on any atom is 0.416 e. The molecule has 0 bridgehead atoms. The molecule has 0 aromatic heterocycles. The Morgan fingerprint density at radius 3 is 2.56 bits per heavy atom. The highest BCUT2D eigenvalue weighted by molar-refractivity contribution is 14.0. The fourth-order valence-electron chi connectivity index (χ4n) is 1.84. The zero-order valence-electron chi connectivity index (χ0n) is 14.4. The molecule has 0 fully saturated rings. The molecule has 0 radical (unpaired) electrons. The molecule has 0 atom stereocenters. The molecule has 0 amide bonds. The van der Waals surface area contributed by atoms with E-state index in [4.69, 9.17) is 9.47 Å². The van der Waals surface area contributed by atoms with Crippen molar-refractivity contribution in [1.82, 2.24) is 10.6 Å². The summed E-state index contributed by atoms with van der Waals surface area (Å²) in [5.74, 6) is 0.533. The second-order valence-corrected chi connectivity index (χ2v) is 4.93. The van der Waals surface area contributed by atoms with Crippen molar-refractivity contribution in [2.75, 3.05) is 40.0 Å². The molecule has 1 aromatic rings. The van der Waals surface area contributed by atoms with Gasteiger partial charge in [0, 0.05) is 20.2 Å². The molecule has 5 nitrogen and oxygen atoms in total. The summed E-state index contributed by atoms with van der Waals surface area (Å²) in [5, 5.41) is 6.10. The second kappa shape index (κ2) is 13.2. The van der Waals surface area contributed by atoms with Crippen LogP contribution in [0.5, 0.6) is 0 Å². The van der Waals surface area contributed by atoms with Crippen LogP contribution < -0.4 is 10.6 Å². The third-order valence-corrected chi connectivity index (χ3v) is 2.99. The van der Waals surface area contributed by atoms with Gasteiger partial charge >= 0.3 is 6.18 Å². The van der Waals surface area contributed by atoms with Crippen molar-refractivity contribution in [3.8, 4) is 0 Å². The molecule has 9 heteroatoms. The molecule has 1 rings (SSSR count). The predicted octanol–water partition coefficient (Wildman–Crippen LogP) is 3.04. The number of rotatable bonds is 9. The van der Waals surface area contributed by atoms with Crippen LogP contribution in [0, 0.1) is 0 Å². The van der Waals surface area contributed by atoms with Crippen molar-refractivity contribution in [1.29, 1.82) is 0 Å². The molecule has 2 N–H and O–H groups in total. The largest absolute Gasteiger partial charge is 0.416 e. The molecule has 0 unspecified atom stereocenters. The van der Waals surface area contributed by atoms with Crippen molar-refractivity contribution < 1.29 is 22.6 Å². The maximum atomic E-state index is 12.7. The van der Waals surface area contributed by atoms with Gasteiger partial charge in [-0.3, -0.25) is 0 Å². The van der Waals surface area contributed by atoms with E-state index in [9.17, 15) is 13.2 Å². The van der Waals surface area contributed by atoms with E-state index in [1.54, 1.807) is 13.2 Å². The number of hydrogen-bond acceptors (Lipinski definition) is 3. The molecule has 0 aliphatic heterocycles. The highest BCUT2D eigenvalue weighted by atomic mass is 127. The summed E-state index contributed by atoms with van der Waals surface area (Å²) >= 11 is 0. The number of ether oxygens (including phenoxy) is 2. The summed E-state index contributed by atoms with van der Waals surface area (Å²) in [6, 6.07) is 5.17. The number of benzene rings is 1. The zero-order valence-corrected chi connectivity index (χ0v) is 16.7. The summed E-state index contributed by atoms with van der Waals surface area (Å²) < 4.78 is 48.3. The lowest BCUT2D eigenvalue weighted by molar-refractivity contribution is -0.137. The van der Waals surface area contributed by atoms with Gasteiger partial charge in [-0.15, -0.1) is 24.0 Å². The van der Waals surface area contributed by atoms with E-state index in [1.807, 2.05) is 6.92 Å². The number of guanidine groups is 1. The van der Waals surface area contributed by atoms with E-state index >= 15 is 0 Å². The van der Waals surface area contributed by atoms with Gasteiger partial charge in [0.15, 0.2) is 5.96 Å². The number of aliphatic imine (C=N–C) groups is 1. The van der Waals surface area contributed by atoms with Crippen molar-refractivity contribution in [2.45, 2.75) is 19.6 Å². The number of nitrogens with zero attached hydrogens (tertiary/aromatic N) is 1. The minimum absolute atomic E-state index is 0. The molecule has 0 spiro atoms. The van der Waals surface area contributed by atoms with Gasteiger partial charge in [0.25, 0.3) is 0 Å². The number of nitrogens with one attached hydrogen (secondary N) is 2. The Morgan fingerprint density at radius 1 is 1.16 bits per heavy atom. The standard InChI is InChI=1S/C16H24F3N3O2.HI/c1-3-20-15(21-7-8-24-10-9-23-2)22-12-13-5-4-6-14(11-13)16(17,18)19;/h4-6,11H,3,7-10,12H2,1-2H3,(H2,20,21,22);1H. The summed E-state index contributed by atoms with van der Waals surface area (Å²) in [7, 11) is 1.60. The average Bonchev–Trinajstić information content (AvgIpc) is 2.55. The fourth-order valence-corrected chi connectivity index (χ4v) is 1.84. The molecular formula is C16H25F3IN3O2. The Labute approximate surface area is 163 Å². The van der Waals surface area contributed by atoms with Gasteiger partial charge in [0.1, 0.15) is 0 Å². The lowest BCUT2D eigenvalue weighted by atomic mass is 10.1. The Balaban J connectivity index is 0.00000576. The van der Waals surface area contributed by atoms with Gasteiger partial charge in [0.2, 0.25) is 0 Å². The van der Waals surface area contributed by atoms with E-state index in [2.05, 4.69) is 15.6 Å². The molecule has 0 saturated carbocycles. The van der Waals surface area contributed by atoms with E-state index in [0.717, 1.165) is 12.1 Å². The van der Waals surface area contributed by atoms with E-state index in [-0.39, 0.29) is 30.5 Å². The molecule has 0 heterocycles. The topological polar surface area (TPSA) is 54.9 Å². The van der Waals surface area contributed by atoms with Crippen LogP contribution in [-0.4, -0.2) is 46.0 Å². The van der Waals surface area contributed by atoms with Gasteiger partial charge in [-0.1, -0.05) is 12.1 Å². The smallest absolute Gasteiger partial charge is 0.382 e. The van der Waals surface area contributed by atoms with Gasteiger partial charge in [-0.2, -0.15) is 13.2 Å². The number of halogens is 4. The normalized spacial score (nSPS) is 11.8. The van der Waals surface area contributed by atoms with Gasteiger partial charge < -0.3 is 20.1 Å². The monoisotopic (exact) mass is 475 g/mol. The Kier molecular flexibility index (Phi) is 12.6. The van der Waals surface area contributed by atoms with E-state index < -0.39 is 11.7 Å². The first-order valence-electron chi connectivity index (χ1n) is 7.72. The second-order valence-electron chi connectivity index (χ2n) is 4.93. The fraction of sp³-hybridized carbons (Fsp3) is 0.562. The van der Waals surface area contributed by atoms with Crippen LogP contribution in [0.25, 0.3) is 0 Å². The summed E-state index contributed by atoms with van der Waals surface area (Å²) in [5.41, 5.74) is -0.168. The first kappa shape index (κ1) is 23.9. The molecule has 25 heavy (non-hydrogen) atoms. The Hall–Kier alpha value is -1.07. The third kappa shape index (κ3) is 10.5. The Bertz CT molecular complexity index is 514. The molecular weight excluding hydrogens is 450 g/mol. The van der Waals surface area contributed by atoms with Crippen LogP contribution in [0.2, 0.25) is 0 Å². The lowest BCUT2D eigenvalue weighted by Crippen LogP contribution is -2.39. The van der Waals surface area contributed by atoms with Crippen LogP contribution in [0.3, 0.4) is 0 Å². The molecule has 0 saturated heterocycles. The number of hydrogen-bond donors (Lipinski definition) is 2. The maximum absolute atomic E-state index is 12.7. The molecule has 0 aliphatic rings. The molecule has 0 aliphatic carbocycles. The van der Waals surface area contributed by atoms with E-state index in [0.29, 0.717) is 44.4 Å². The SMILES string of the molecule is CCNC(=NCc1cccc(C(F)(F)F)c1)NCCOCCOC.I. The highest BCUT2D eigenvalue weighted by Gasteiger charge is 2.30. The predicted molar refractivity (Wildman–Crippen MR) is 102 cm³/mol. The Morgan fingerprint density at radius 2 is 1.92 bits per heavy atom. The van der Waals surface area contributed by atoms with Crippen LogP contribution in [-0.2, 0) is 22.2 Å². The van der Waals surface area contributed by atoms with Crippen LogP contribution in [0.1, 0.15) is 18.1 Å². The minimum atomic E-state index is -4.35. The first-order chi connectivity index (χ1) is 11.5. The summed E-state index contributed by atoms with van der Waals surface area (Å²) in [6.45, 7) is 4.79. The summed E-state index contributed by atoms with van der Waals surface area (Å²) in [6.07, 6.45) is -4.35. The van der Waals surface area contributed by atoms with Gasteiger partial charge in [-0.25, -0.2) is 4.99 Å². The van der Waals surface area contributed by atoms with Crippen LogP contribution >= 0.6 is 24.0 Å². The average molecular weight is 475 g/mol. The quantitative estimate of drug-likeness (QED) is 0.250. The number of alkyl halides is 3. The van der Waals surface area contributed by atoms with E-state index in [1.165, 1.54) is 6.07 Å².